The zero-order chi connectivity index (χ0) is 24.6. The lowest BCUT2D eigenvalue weighted by Crippen LogP contribution is -2.32. The van der Waals surface area contributed by atoms with E-state index in [0.29, 0.717) is 28.0 Å². The number of imide groups is 1. The summed E-state index contributed by atoms with van der Waals surface area (Å²) in [6.45, 7) is 7.97. The van der Waals surface area contributed by atoms with Crippen molar-refractivity contribution in [3.8, 4) is 0 Å². The second-order valence-electron chi connectivity index (χ2n) is 8.20. The number of halogens is 1. The molecule has 0 radical (unpaired) electrons. The van der Waals surface area contributed by atoms with E-state index in [4.69, 9.17) is 11.6 Å². The van der Waals surface area contributed by atoms with E-state index in [0.717, 1.165) is 21.0 Å². The molecule has 174 valence electrons. The maximum Gasteiger partial charge on any atom is 0.283 e. The van der Waals surface area contributed by atoms with Gasteiger partial charge < -0.3 is 5.32 Å². The van der Waals surface area contributed by atoms with Gasteiger partial charge in [-0.15, -0.1) is 11.3 Å². The van der Waals surface area contributed by atoms with Crippen molar-refractivity contribution in [2.75, 3.05) is 15.5 Å². The Labute approximate surface area is 206 Å². The Hall–Kier alpha value is -3.49. The fraction of sp³-hybridized carbons (Fsp3) is 0.200. The van der Waals surface area contributed by atoms with Crippen LogP contribution in [0.4, 0.5) is 16.5 Å². The van der Waals surface area contributed by atoms with Crippen LogP contribution in [0, 0.1) is 13.8 Å². The molecule has 7 nitrogen and oxygen atoms in total. The maximum atomic E-state index is 13.0. The van der Waals surface area contributed by atoms with Gasteiger partial charge in [-0.2, -0.15) is 0 Å². The molecule has 2 aromatic carbocycles. The number of rotatable bonds is 6. The minimum absolute atomic E-state index is 0.00876. The Balaban J connectivity index is 1.47. The molecule has 34 heavy (non-hydrogen) atoms. The Bertz CT molecular complexity index is 1290. The van der Waals surface area contributed by atoms with Gasteiger partial charge in [-0.05, 0) is 61.7 Å². The number of hydrogen-bond acceptors (Lipinski definition) is 6. The third-order valence-electron chi connectivity index (χ3n) is 5.51. The van der Waals surface area contributed by atoms with Crippen molar-refractivity contribution in [3.05, 3.63) is 81.0 Å². The van der Waals surface area contributed by atoms with Crippen LogP contribution < -0.4 is 15.5 Å². The maximum absolute atomic E-state index is 13.0. The number of carbonyl (C=O) groups is 3. The number of nitrogens with zero attached hydrogens (tertiary/aromatic N) is 2. The number of benzene rings is 2. The molecule has 4 rings (SSSR count). The summed E-state index contributed by atoms with van der Waals surface area (Å²) in [7, 11) is 0. The molecule has 2 heterocycles. The first kappa shape index (κ1) is 23.7. The average Bonchev–Trinajstić information content (AvgIpc) is 3.23. The predicted octanol–water partition coefficient (Wildman–Crippen LogP) is 5.57. The lowest BCUT2D eigenvalue weighted by molar-refractivity contribution is -0.120. The number of nitrogens with one attached hydrogen (secondary N) is 2. The summed E-state index contributed by atoms with van der Waals surface area (Å²) in [4.78, 5) is 44.6. The molecule has 0 fully saturated rings. The van der Waals surface area contributed by atoms with Crippen LogP contribution in [0.15, 0.2) is 59.3 Å². The minimum atomic E-state index is -0.587. The summed E-state index contributed by atoms with van der Waals surface area (Å²) in [6, 6.07) is 13.8. The number of carbonyl (C=O) groups excluding carboxylic acids is 3. The highest BCUT2D eigenvalue weighted by Gasteiger charge is 2.39. The van der Waals surface area contributed by atoms with Gasteiger partial charge in [0.15, 0.2) is 5.13 Å². The number of aromatic nitrogens is 1. The highest BCUT2D eigenvalue weighted by molar-refractivity contribution is 7.15. The standard InChI is InChI=1S/C25H23ClN4O3S/c1-13(2)16-7-11-19(12-8-16)30-23(32)20(26)21(24(30)33)28-18-9-5-17(6-10-18)22(31)29-25-27-14(3)15(4)34-25/h5-13,28H,1-4H3,(H,27,29,31). The topological polar surface area (TPSA) is 91.4 Å². The van der Waals surface area contributed by atoms with Crippen LogP contribution in [0.1, 0.15) is 46.3 Å². The van der Waals surface area contributed by atoms with Gasteiger partial charge in [0.25, 0.3) is 17.7 Å². The molecule has 3 aromatic rings. The zero-order valence-corrected chi connectivity index (χ0v) is 20.7. The van der Waals surface area contributed by atoms with Crippen molar-refractivity contribution in [1.82, 2.24) is 4.98 Å². The summed E-state index contributed by atoms with van der Waals surface area (Å²) < 4.78 is 0. The largest absolute Gasteiger partial charge is 0.350 e. The van der Waals surface area contributed by atoms with Crippen LogP contribution in [-0.2, 0) is 9.59 Å². The van der Waals surface area contributed by atoms with Crippen LogP contribution >= 0.6 is 22.9 Å². The van der Waals surface area contributed by atoms with E-state index < -0.39 is 11.8 Å². The third-order valence-corrected chi connectivity index (χ3v) is 6.85. The van der Waals surface area contributed by atoms with Gasteiger partial charge in [-0.25, -0.2) is 9.88 Å². The molecule has 0 saturated carbocycles. The fourth-order valence-electron chi connectivity index (χ4n) is 3.40. The van der Waals surface area contributed by atoms with Crippen LogP contribution in [0.2, 0.25) is 0 Å². The molecule has 0 bridgehead atoms. The first-order chi connectivity index (χ1) is 16.2. The van der Waals surface area contributed by atoms with Gasteiger partial charge in [0.2, 0.25) is 0 Å². The lowest BCUT2D eigenvalue weighted by atomic mass is 10.0. The molecular weight excluding hydrogens is 472 g/mol. The molecule has 0 aliphatic carbocycles. The van der Waals surface area contributed by atoms with Gasteiger partial charge in [0.1, 0.15) is 10.7 Å². The Morgan fingerprint density at radius 1 is 1.00 bits per heavy atom. The molecule has 2 N–H and O–H groups in total. The summed E-state index contributed by atoms with van der Waals surface area (Å²) in [6.07, 6.45) is 0. The number of hydrogen-bond donors (Lipinski definition) is 2. The first-order valence-corrected chi connectivity index (χ1v) is 11.9. The average molecular weight is 495 g/mol. The van der Waals surface area contributed by atoms with Gasteiger partial charge in [0, 0.05) is 16.1 Å². The lowest BCUT2D eigenvalue weighted by Gasteiger charge is -2.16. The highest BCUT2D eigenvalue weighted by atomic mass is 35.5. The van der Waals surface area contributed by atoms with Crippen LogP contribution in [0.25, 0.3) is 0 Å². The predicted molar refractivity (Wildman–Crippen MR) is 136 cm³/mol. The van der Waals surface area contributed by atoms with E-state index >= 15 is 0 Å². The number of thiazole rings is 1. The van der Waals surface area contributed by atoms with Crippen LogP contribution in [0.3, 0.4) is 0 Å². The smallest absolute Gasteiger partial charge is 0.283 e. The van der Waals surface area contributed by atoms with Crippen molar-refractivity contribution in [3.63, 3.8) is 0 Å². The van der Waals surface area contributed by atoms with Gasteiger partial charge >= 0.3 is 0 Å². The van der Waals surface area contributed by atoms with Crippen molar-refractivity contribution >= 4 is 57.2 Å². The Morgan fingerprint density at radius 2 is 1.65 bits per heavy atom. The van der Waals surface area contributed by atoms with Gasteiger partial charge in [0.05, 0.1) is 11.4 Å². The van der Waals surface area contributed by atoms with Crippen LogP contribution in [-0.4, -0.2) is 22.7 Å². The molecule has 1 aliphatic rings. The number of anilines is 3. The molecule has 9 heteroatoms. The monoisotopic (exact) mass is 494 g/mol. The number of amides is 3. The summed E-state index contributed by atoms with van der Waals surface area (Å²) in [5.41, 5.74) is 3.37. The van der Waals surface area contributed by atoms with E-state index in [1.165, 1.54) is 11.3 Å². The Morgan fingerprint density at radius 3 is 2.21 bits per heavy atom. The first-order valence-electron chi connectivity index (χ1n) is 10.7. The van der Waals surface area contributed by atoms with E-state index in [-0.39, 0.29) is 16.6 Å². The number of aryl methyl sites for hydroxylation is 2. The second-order valence-corrected chi connectivity index (χ2v) is 9.78. The van der Waals surface area contributed by atoms with E-state index in [1.54, 1.807) is 36.4 Å². The van der Waals surface area contributed by atoms with E-state index in [1.807, 2.05) is 26.0 Å². The molecule has 1 aliphatic heterocycles. The van der Waals surface area contributed by atoms with E-state index in [9.17, 15) is 14.4 Å². The van der Waals surface area contributed by atoms with Gasteiger partial charge in [-0.3, -0.25) is 19.7 Å². The van der Waals surface area contributed by atoms with E-state index in [2.05, 4.69) is 29.5 Å². The molecular formula is C25H23ClN4O3S. The molecule has 0 unspecified atom stereocenters. The van der Waals surface area contributed by atoms with Crippen molar-refractivity contribution in [2.24, 2.45) is 0 Å². The molecule has 3 amide bonds. The highest BCUT2D eigenvalue weighted by Crippen LogP contribution is 2.31. The quantitative estimate of drug-likeness (QED) is 0.437. The summed E-state index contributed by atoms with van der Waals surface area (Å²) in [5.74, 6) is -1.08. The Kier molecular flexibility index (Phi) is 6.54. The van der Waals surface area contributed by atoms with Crippen molar-refractivity contribution < 1.29 is 14.4 Å². The molecule has 1 aromatic heterocycles. The molecule has 0 spiro atoms. The second kappa shape index (κ2) is 9.40. The molecule has 0 saturated heterocycles. The zero-order valence-electron chi connectivity index (χ0n) is 19.1. The van der Waals surface area contributed by atoms with Crippen molar-refractivity contribution in [1.29, 1.82) is 0 Å². The SMILES string of the molecule is Cc1nc(NC(=O)c2ccc(NC3=C(Cl)C(=O)N(c4ccc(C(C)C)cc4)C3=O)cc2)sc1C. The normalized spacial score (nSPS) is 13.8. The van der Waals surface area contributed by atoms with Gasteiger partial charge in [-0.1, -0.05) is 37.6 Å². The fourth-order valence-corrected chi connectivity index (χ4v) is 4.42. The van der Waals surface area contributed by atoms with Crippen LogP contribution in [0.5, 0.6) is 0 Å². The summed E-state index contributed by atoms with van der Waals surface area (Å²) in [5, 5.41) is 6.05. The third kappa shape index (κ3) is 4.60. The minimum Gasteiger partial charge on any atom is -0.350 e. The van der Waals surface area contributed by atoms with Crippen molar-refractivity contribution in [2.45, 2.75) is 33.6 Å². The summed E-state index contributed by atoms with van der Waals surface area (Å²) >= 11 is 7.63. The molecule has 0 atom stereocenters.